The van der Waals surface area contributed by atoms with Crippen LogP contribution in [0.2, 0.25) is 0 Å². The van der Waals surface area contributed by atoms with Crippen molar-refractivity contribution >= 4 is 11.9 Å². The molecule has 5 heteroatoms. The van der Waals surface area contributed by atoms with Crippen molar-refractivity contribution in [3.05, 3.63) is 18.0 Å². The van der Waals surface area contributed by atoms with Crippen molar-refractivity contribution < 1.29 is 4.79 Å². The van der Waals surface area contributed by atoms with Crippen LogP contribution in [0.15, 0.2) is 12.4 Å². The number of nitrogens with one attached hydrogen (secondary N) is 2. The molecule has 1 fully saturated rings. The maximum atomic E-state index is 12.1. The Balaban J connectivity index is 1.78. The fraction of sp³-hybridized carbons (Fsp3) is 0.688. The second-order valence-corrected chi connectivity index (χ2v) is 5.74. The normalized spacial score (nSPS) is 15.7. The molecule has 1 aromatic rings. The topological polar surface area (TPSA) is 66.9 Å². The van der Waals surface area contributed by atoms with E-state index in [2.05, 4.69) is 27.5 Å². The van der Waals surface area contributed by atoms with Gasteiger partial charge in [-0.25, -0.2) is 9.97 Å². The lowest BCUT2D eigenvalue weighted by Gasteiger charge is -2.22. The van der Waals surface area contributed by atoms with Crippen LogP contribution >= 0.6 is 0 Å². The third-order valence-corrected chi connectivity index (χ3v) is 3.92. The van der Waals surface area contributed by atoms with E-state index in [4.69, 9.17) is 0 Å². The Kier molecular flexibility index (Phi) is 6.44. The fourth-order valence-electron chi connectivity index (χ4n) is 2.63. The molecule has 2 rings (SSSR count). The summed E-state index contributed by atoms with van der Waals surface area (Å²) < 4.78 is 0. The number of amides is 1. The fourth-order valence-corrected chi connectivity index (χ4v) is 2.63. The van der Waals surface area contributed by atoms with E-state index in [-0.39, 0.29) is 5.91 Å². The number of carbonyl (C=O) groups is 1. The number of unbranched alkanes of at least 4 members (excludes halogenated alkanes) is 2. The van der Waals surface area contributed by atoms with Gasteiger partial charge in [-0.15, -0.1) is 0 Å². The highest BCUT2D eigenvalue weighted by atomic mass is 16.1. The molecule has 0 aliphatic heterocycles. The smallest absolute Gasteiger partial charge is 0.254 e. The van der Waals surface area contributed by atoms with E-state index in [0.29, 0.717) is 17.6 Å². The number of anilines is 1. The zero-order chi connectivity index (χ0) is 14.9. The average molecular weight is 290 g/mol. The zero-order valence-corrected chi connectivity index (χ0v) is 12.9. The molecule has 1 heterocycles. The molecule has 1 aliphatic carbocycles. The Bertz CT molecular complexity index is 426. The van der Waals surface area contributed by atoms with E-state index in [0.717, 1.165) is 25.8 Å². The van der Waals surface area contributed by atoms with Crippen molar-refractivity contribution in [2.75, 3.05) is 11.9 Å². The number of carbonyl (C=O) groups excluding carboxylic acids is 1. The van der Waals surface area contributed by atoms with Crippen molar-refractivity contribution in [3.8, 4) is 0 Å². The van der Waals surface area contributed by atoms with Gasteiger partial charge in [-0.3, -0.25) is 4.79 Å². The van der Waals surface area contributed by atoms with E-state index in [1.807, 2.05) is 0 Å². The Labute approximate surface area is 127 Å². The third kappa shape index (κ3) is 5.33. The van der Waals surface area contributed by atoms with E-state index in [1.165, 1.54) is 32.1 Å². The van der Waals surface area contributed by atoms with E-state index in [9.17, 15) is 4.79 Å². The predicted octanol–water partition coefficient (Wildman–Crippen LogP) is 3.14. The third-order valence-electron chi connectivity index (χ3n) is 3.92. The second-order valence-electron chi connectivity index (χ2n) is 5.74. The highest BCUT2D eigenvalue weighted by Crippen LogP contribution is 2.17. The van der Waals surface area contributed by atoms with Gasteiger partial charge in [-0.2, -0.15) is 0 Å². The summed E-state index contributed by atoms with van der Waals surface area (Å²) in [5.41, 5.74) is 0.541. The van der Waals surface area contributed by atoms with Crippen LogP contribution in [0, 0.1) is 0 Å². The van der Waals surface area contributed by atoms with Gasteiger partial charge in [0.1, 0.15) is 0 Å². The quantitative estimate of drug-likeness (QED) is 0.757. The van der Waals surface area contributed by atoms with Crippen LogP contribution < -0.4 is 10.6 Å². The molecule has 0 unspecified atom stereocenters. The molecular formula is C16H26N4O. The molecule has 0 atom stereocenters. The molecule has 21 heavy (non-hydrogen) atoms. The standard InChI is InChI=1S/C16H26N4O/c1-2-3-7-10-17-16-18-11-13(12-19-16)15(21)20-14-8-5-4-6-9-14/h11-12,14H,2-10H2,1H3,(H,20,21)(H,17,18,19). The summed E-state index contributed by atoms with van der Waals surface area (Å²) >= 11 is 0. The minimum Gasteiger partial charge on any atom is -0.354 e. The number of hydrogen-bond acceptors (Lipinski definition) is 4. The molecule has 0 radical (unpaired) electrons. The number of aromatic nitrogens is 2. The molecule has 116 valence electrons. The van der Waals surface area contributed by atoms with Crippen LogP contribution in [0.4, 0.5) is 5.95 Å². The lowest BCUT2D eigenvalue weighted by molar-refractivity contribution is 0.0927. The Morgan fingerprint density at radius 3 is 2.57 bits per heavy atom. The lowest BCUT2D eigenvalue weighted by Crippen LogP contribution is -2.36. The van der Waals surface area contributed by atoms with Gasteiger partial charge in [-0.1, -0.05) is 39.0 Å². The molecular weight excluding hydrogens is 264 g/mol. The average Bonchev–Trinajstić information content (AvgIpc) is 2.53. The molecule has 5 nitrogen and oxygen atoms in total. The first-order valence-electron chi connectivity index (χ1n) is 8.16. The van der Waals surface area contributed by atoms with E-state index >= 15 is 0 Å². The molecule has 1 saturated carbocycles. The van der Waals surface area contributed by atoms with Gasteiger partial charge in [0.25, 0.3) is 5.91 Å². The first-order valence-corrected chi connectivity index (χ1v) is 8.16. The predicted molar refractivity (Wildman–Crippen MR) is 84.4 cm³/mol. The minimum absolute atomic E-state index is 0.0561. The molecule has 1 aromatic heterocycles. The van der Waals surface area contributed by atoms with Crippen molar-refractivity contribution in [2.24, 2.45) is 0 Å². The summed E-state index contributed by atoms with van der Waals surface area (Å²) in [5.74, 6) is 0.541. The minimum atomic E-state index is -0.0561. The first-order chi connectivity index (χ1) is 10.3. The van der Waals surface area contributed by atoms with Crippen LogP contribution in [-0.4, -0.2) is 28.5 Å². The Morgan fingerprint density at radius 2 is 1.90 bits per heavy atom. The van der Waals surface area contributed by atoms with Gasteiger partial charge in [0, 0.05) is 25.0 Å². The van der Waals surface area contributed by atoms with Gasteiger partial charge in [0.15, 0.2) is 0 Å². The number of hydrogen-bond donors (Lipinski definition) is 2. The first kappa shape index (κ1) is 15.7. The molecule has 1 aliphatic rings. The van der Waals surface area contributed by atoms with Crippen molar-refractivity contribution in [1.82, 2.24) is 15.3 Å². The van der Waals surface area contributed by atoms with Crippen LogP contribution in [0.3, 0.4) is 0 Å². The van der Waals surface area contributed by atoms with Gasteiger partial charge in [0.2, 0.25) is 5.95 Å². The zero-order valence-electron chi connectivity index (χ0n) is 12.9. The molecule has 0 bridgehead atoms. The summed E-state index contributed by atoms with van der Waals surface area (Å²) in [6.45, 7) is 3.05. The van der Waals surface area contributed by atoms with Gasteiger partial charge in [0.05, 0.1) is 5.56 Å². The summed E-state index contributed by atoms with van der Waals surface area (Å²) in [7, 11) is 0. The Morgan fingerprint density at radius 1 is 1.19 bits per heavy atom. The molecule has 0 spiro atoms. The summed E-state index contributed by atoms with van der Waals surface area (Å²) in [4.78, 5) is 20.5. The summed E-state index contributed by atoms with van der Waals surface area (Å²) in [6, 6.07) is 0.318. The maximum Gasteiger partial charge on any atom is 0.254 e. The van der Waals surface area contributed by atoms with Crippen LogP contribution in [0.1, 0.15) is 68.6 Å². The molecule has 1 amide bonds. The van der Waals surface area contributed by atoms with E-state index < -0.39 is 0 Å². The largest absolute Gasteiger partial charge is 0.354 e. The van der Waals surface area contributed by atoms with Gasteiger partial charge >= 0.3 is 0 Å². The van der Waals surface area contributed by atoms with Crippen LogP contribution in [0.25, 0.3) is 0 Å². The van der Waals surface area contributed by atoms with Crippen LogP contribution in [-0.2, 0) is 0 Å². The SMILES string of the molecule is CCCCCNc1ncc(C(=O)NC2CCCCC2)cn1. The summed E-state index contributed by atoms with van der Waals surface area (Å²) in [6.07, 6.45) is 12.6. The van der Waals surface area contributed by atoms with Gasteiger partial charge < -0.3 is 10.6 Å². The Hall–Kier alpha value is -1.65. The van der Waals surface area contributed by atoms with Crippen molar-refractivity contribution in [2.45, 2.75) is 64.3 Å². The van der Waals surface area contributed by atoms with Crippen molar-refractivity contribution in [1.29, 1.82) is 0 Å². The van der Waals surface area contributed by atoms with Gasteiger partial charge in [-0.05, 0) is 19.3 Å². The van der Waals surface area contributed by atoms with Crippen LogP contribution in [0.5, 0.6) is 0 Å². The second kappa shape index (κ2) is 8.60. The summed E-state index contributed by atoms with van der Waals surface area (Å²) in [5, 5.41) is 6.25. The van der Waals surface area contributed by atoms with Crippen molar-refractivity contribution in [3.63, 3.8) is 0 Å². The highest BCUT2D eigenvalue weighted by Gasteiger charge is 2.16. The molecule has 0 aromatic carbocycles. The molecule has 2 N–H and O–H groups in total. The lowest BCUT2D eigenvalue weighted by atomic mass is 9.95. The number of rotatable bonds is 7. The van der Waals surface area contributed by atoms with E-state index in [1.54, 1.807) is 12.4 Å². The monoisotopic (exact) mass is 290 g/mol. The highest BCUT2D eigenvalue weighted by molar-refractivity contribution is 5.93. The molecule has 0 saturated heterocycles. The number of nitrogens with zero attached hydrogens (tertiary/aromatic N) is 2. The maximum absolute atomic E-state index is 12.1.